The fourth-order valence-electron chi connectivity index (χ4n) is 3.56. The molecule has 1 aliphatic carbocycles. The van der Waals surface area contributed by atoms with E-state index in [4.69, 9.17) is 9.97 Å². The van der Waals surface area contributed by atoms with Crippen LogP contribution in [-0.4, -0.2) is 32.0 Å². The molecule has 2 aromatic heterocycles. The van der Waals surface area contributed by atoms with E-state index < -0.39 is 0 Å². The molecule has 3 aromatic rings. The number of hydrogen-bond acceptors (Lipinski definition) is 5. The Hall–Kier alpha value is -2.64. The van der Waals surface area contributed by atoms with Gasteiger partial charge in [0.15, 0.2) is 0 Å². The third-order valence-corrected chi connectivity index (χ3v) is 5.02. The maximum Gasteiger partial charge on any atom is 0.237 e. The first-order valence-electron chi connectivity index (χ1n) is 9.68. The van der Waals surface area contributed by atoms with E-state index in [0.29, 0.717) is 25.5 Å². The number of nitrogens with zero attached hydrogens (tertiary/aromatic N) is 4. The first kappa shape index (κ1) is 23.6. The highest BCUT2D eigenvalue weighted by atomic mass is 35.5. The molecular formula is C21H26Cl2N6O. The SMILES string of the molecule is CCNC(=O)C1CCc2nc(-n3ccnc3)nc(NCc3ccccc3)c2C1.Cl.Cl. The summed E-state index contributed by atoms with van der Waals surface area (Å²) in [6.07, 6.45) is 7.47. The molecule has 9 heteroatoms. The normalized spacial score (nSPS) is 14.6. The van der Waals surface area contributed by atoms with E-state index in [1.54, 1.807) is 12.5 Å². The van der Waals surface area contributed by atoms with E-state index in [2.05, 4.69) is 27.8 Å². The van der Waals surface area contributed by atoms with Crippen LogP contribution in [0.2, 0.25) is 0 Å². The van der Waals surface area contributed by atoms with Crippen LogP contribution in [0.15, 0.2) is 49.1 Å². The Morgan fingerprint density at radius 1 is 1.20 bits per heavy atom. The number of halogens is 2. The fourth-order valence-corrected chi connectivity index (χ4v) is 3.56. The van der Waals surface area contributed by atoms with E-state index in [-0.39, 0.29) is 36.6 Å². The zero-order valence-corrected chi connectivity index (χ0v) is 18.4. The van der Waals surface area contributed by atoms with E-state index in [1.807, 2.05) is 35.9 Å². The van der Waals surface area contributed by atoms with Gasteiger partial charge in [0.05, 0.1) is 5.69 Å². The van der Waals surface area contributed by atoms with Crippen LogP contribution in [0, 0.1) is 5.92 Å². The molecule has 1 amide bonds. The van der Waals surface area contributed by atoms with Crippen LogP contribution >= 0.6 is 24.8 Å². The molecule has 4 rings (SSSR count). The van der Waals surface area contributed by atoms with Crippen molar-refractivity contribution in [2.45, 2.75) is 32.7 Å². The first-order chi connectivity index (χ1) is 13.7. The molecule has 1 aliphatic rings. The van der Waals surface area contributed by atoms with Crippen molar-refractivity contribution < 1.29 is 4.79 Å². The number of anilines is 1. The fraction of sp³-hybridized carbons (Fsp3) is 0.333. The van der Waals surface area contributed by atoms with Crippen molar-refractivity contribution in [2.75, 3.05) is 11.9 Å². The van der Waals surface area contributed by atoms with Gasteiger partial charge in [0.2, 0.25) is 11.9 Å². The van der Waals surface area contributed by atoms with Crippen molar-refractivity contribution in [3.05, 3.63) is 65.9 Å². The molecule has 160 valence electrons. The van der Waals surface area contributed by atoms with Crippen molar-refractivity contribution in [1.82, 2.24) is 24.8 Å². The maximum absolute atomic E-state index is 12.4. The zero-order chi connectivity index (χ0) is 19.3. The lowest BCUT2D eigenvalue weighted by atomic mass is 9.86. The van der Waals surface area contributed by atoms with Crippen LogP contribution in [0.1, 0.15) is 30.2 Å². The van der Waals surface area contributed by atoms with Gasteiger partial charge in [-0.3, -0.25) is 9.36 Å². The molecule has 2 heterocycles. The number of benzene rings is 1. The predicted molar refractivity (Wildman–Crippen MR) is 122 cm³/mol. The van der Waals surface area contributed by atoms with E-state index in [1.165, 1.54) is 5.56 Å². The number of hydrogen-bond donors (Lipinski definition) is 2. The van der Waals surface area contributed by atoms with E-state index in [9.17, 15) is 4.79 Å². The molecule has 0 saturated heterocycles. The third-order valence-electron chi connectivity index (χ3n) is 5.02. The largest absolute Gasteiger partial charge is 0.366 e. The Balaban J connectivity index is 0.00000160. The summed E-state index contributed by atoms with van der Waals surface area (Å²) >= 11 is 0. The molecule has 0 aliphatic heterocycles. The Labute approximate surface area is 188 Å². The number of carbonyl (C=O) groups excluding carboxylic acids is 1. The molecule has 7 nitrogen and oxygen atoms in total. The van der Waals surface area contributed by atoms with Crippen LogP contribution in [0.25, 0.3) is 5.95 Å². The lowest BCUT2D eigenvalue weighted by molar-refractivity contribution is -0.125. The molecule has 0 bridgehead atoms. The lowest BCUT2D eigenvalue weighted by Crippen LogP contribution is -2.34. The van der Waals surface area contributed by atoms with Gasteiger partial charge in [0.1, 0.15) is 12.1 Å². The highest BCUT2D eigenvalue weighted by Gasteiger charge is 2.28. The molecule has 1 unspecified atom stereocenters. The van der Waals surface area contributed by atoms with Gasteiger partial charge in [-0.05, 0) is 31.7 Å². The number of imidazole rings is 1. The second-order valence-corrected chi connectivity index (χ2v) is 6.94. The van der Waals surface area contributed by atoms with Crippen LogP contribution in [0.4, 0.5) is 5.82 Å². The summed E-state index contributed by atoms with van der Waals surface area (Å²) in [6.45, 7) is 3.26. The van der Waals surface area contributed by atoms with Crippen LogP contribution < -0.4 is 10.6 Å². The number of aryl methyl sites for hydroxylation is 1. The molecule has 0 saturated carbocycles. The Morgan fingerprint density at radius 3 is 2.70 bits per heavy atom. The molecule has 30 heavy (non-hydrogen) atoms. The van der Waals surface area contributed by atoms with E-state index in [0.717, 1.165) is 29.9 Å². The predicted octanol–water partition coefficient (Wildman–Crippen LogP) is 3.36. The summed E-state index contributed by atoms with van der Waals surface area (Å²) < 4.78 is 1.81. The van der Waals surface area contributed by atoms with Gasteiger partial charge in [-0.1, -0.05) is 30.3 Å². The Morgan fingerprint density at radius 2 is 2.00 bits per heavy atom. The summed E-state index contributed by atoms with van der Waals surface area (Å²) in [5, 5.41) is 6.41. The number of aromatic nitrogens is 4. The Bertz CT molecular complexity index is 950. The standard InChI is InChI=1S/C21H24N6O.2ClH/c1-2-23-20(28)16-8-9-18-17(12-16)19(24-13-15-6-4-3-5-7-15)26-21(25-18)27-11-10-22-14-27;;/h3-7,10-11,14,16H,2,8-9,12-13H2,1H3,(H,23,28)(H,24,25,26);2*1H. The summed E-state index contributed by atoms with van der Waals surface area (Å²) in [5.41, 5.74) is 3.23. The molecule has 1 atom stereocenters. The summed E-state index contributed by atoms with van der Waals surface area (Å²) in [5.74, 6) is 1.48. The van der Waals surface area contributed by atoms with Crippen molar-refractivity contribution in [1.29, 1.82) is 0 Å². The molecule has 2 N–H and O–H groups in total. The third kappa shape index (κ3) is 5.29. The van der Waals surface area contributed by atoms with Gasteiger partial charge in [0, 0.05) is 37.0 Å². The summed E-state index contributed by atoms with van der Waals surface area (Å²) in [7, 11) is 0. The highest BCUT2D eigenvalue weighted by Crippen LogP contribution is 2.30. The Kier molecular flexibility index (Phi) is 8.62. The molecule has 0 radical (unpaired) electrons. The van der Waals surface area contributed by atoms with Crippen molar-refractivity contribution in [3.8, 4) is 5.95 Å². The van der Waals surface area contributed by atoms with Gasteiger partial charge in [-0.2, -0.15) is 4.98 Å². The number of carbonyl (C=O) groups is 1. The minimum absolute atomic E-state index is 0. The van der Waals surface area contributed by atoms with Gasteiger partial charge in [0.25, 0.3) is 0 Å². The number of amides is 1. The molecular weight excluding hydrogens is 423 g/mol. The second kappa shape index (κ2) is 10.9. The van der Waals surface area contributed by atoms with Crippen molar-refractivity contribution >= 4 is 36.5 Å². The summed E-state index contributed by atoms with van der Waals surface area (Å²) in [4.78, 5) is 26.0. The van der Waals surface area contributed by atoms with Crippen LogP contribution in [0.5, 0.6) is 0 Å². The highest BCUT2D eigenvalue weighted by molar-refractivity contribution is 5.85. The molecule has 0 spiro atoms. The minimum atomic E-state index is -0.0348. The minimum Gasteiger partial charge on any atom is -0.366 e. The van der Waals surface area contributed by atoms with Gasteiger partial charge in [-0.15, -0.1) is 24.8 Å². The number of fused-ring (bicyclic) bond motifs is 1. The lowest BCUT2D eigenvalue weighted by Gasteiger charge is -2.25. The van der Waals surface area contributed by atoms with Crippen molar-refractivity contribution in [2.24, 2.45) is 5.92 Å². The number of rotatable bonds is 6. The molecule has 1 aromatic carbocycles. The topological polar surface area (TPSA) is 84.7 Å². The number of nitrogens with one attached hydrogen (secondary N) is 2. The maximum atomic E-state index is 12.4. The van der Waals surface area contributed by atoms with Gasteiger partial charge < -0.3 is 10.6 Å². The summed E-state index contributed by atoms with van der Waals surface area (Å²) in [6, 6.07) is 10.2. The quantitative estimate of drug-likeness (QED) is 0.603. The van der Waals surface area contributed by atoms with Crippen LogP contribution in [0.3, 0.4) is 0 Å². The monoisotopic (exact) mass is 448 g/mol. The van der Waals surface area contributed by atoms with Gasteiger partial charge in [-0.25, -0.2) is 9.97 Å². The zero-order valence-electron chi connectivity index (χ0n) is 16.7. The second-order valence-electron chi connectivity index (χ2n) is 6.94. The average Bonchev–Trinajstić information content (AvgIpc) is 3.27. The smallest absolute Gasteiger partial charge is 0.237 e. The van der Waals surface area contributed by atoms with Crippen LogP contribution in [-0.2, 0) is 24.2 Å². The van der Waals surface area contributed by atoms with Crippen molar-refractivity contribution in [3.63, 3.8) is 0 Å². The average molecular weight is 449 g/mol. The first-order valence-corrected chi connectivity index (χ1v) is 9.68. The molecule has 0 fully saturated rings. The van der Waals surface area contributed by atoms with Gasteiger partial charge >= 0.3 is 0 Å². The van der Waals surface area contributed by atoms with E-state index >= 15 is 0 Å².